The summed E-state index contributed by atoms with van der Waals surface area (Å²) in [6.07, 6.45) is 0. The van der Waals surface area contributed by atoms with Gasteiger partial charge in [0, 0.05) is 0 Å². The molecule has 0 heterocycles. The second-order valence-electron chi connectivity index (χ2n) is 4.24. The molecule has 6 heteroatoms. The maximum Gasteiger partial charge on any atom is 0.253 e. The van der Waals surface area contributed by atoms with Crippen molar-refractivity contribution in [2.24, 2.45) is 0 Å². The molecule has 1 rings (SSSR count). The number of carbonyl (C=O) groups excluding carboxylic acids is 1. The summed E-state index contributed by atoms with van der Waals surface area (Å²) in [6.45, 7) is 3.02. The maximum atomic E-state index is 13.2. The monoisotopic (exact) mass is 279 g/mol. The third kappa shape index (κ3) is 3.56. The summed E-state index contributed by atoms with van der Waals surface area (Å²) in [5, 5.41) is 11.5. The lowest BCUT2D eigenvalue weighted by molar-refractivity contribution is 0.0869. The lowest BCUT2D eigenvalue weighted by atomic mass is 10.1. The van der Waals surface area contributed by atoms with Crippen molar-refractivity contribution < 1.29 is 14.3 Å². The van der Waals surface area contributed by atoms with Crippen LogP contribution >= 0.6 is 23.2 Å². The molecule has 94 valence electrons. The van der Waals surface area contributed by atoms with Crippen molar-refractivity contribution in [1.29, 1.82) is 0 Å². The van der Waals surface area contributed by atoms with Crippen molar-refractivity contribution in [3.05, 3.63) is 33.6 Å². The summed E-state index contributed by atoms with van der Waals surface area (Å²) < 4.78 is 13.2. The molecule has 0 unspecified atom stereocenters. The first-order valence-corrected chi connectivity index (χ1v) is 5.60. The Kier molecular flexibility index (Phi) is 4.36. The average Bonchev–Trinajstić information content (AvgIpc) is 2.22. The van der Waals surface area contributed by atoms with Crippen molar-refractivity contribution in [3.63, 3.8) is 0 Å². The second kappa shape index (κ2) is 5.21. The first-order valence-electron chi connectivity index (χ1n) is 4.85. The third-order valence-corrected chi connectivity index (χ3v) is 2.70. The summed E-state index contributed by atoms with van der Waals surface area (Å²) in [5.74, 6) is -1.28. The predicted octanol–water partition coefficient (Wildman–Crippen LogP) is 2.63. The zero-order valence-electron chi connectivity index (χ0n) is 9.35. The first kappa shape index (κ1) is 14.2. The number of halogens is 3. The van der Waals surface area contributed by atoms with Crippen molar-refractivity contribution in [2.45, 2.75) is 19.4 Å². The van der Waals surface area contributed by atoms with Gasteiger partial charge in [0.25, 0.3) is 5.91 Å². The molecule has 1 aromatic rings. The normalized spacial score (nSPS) is 11.4. The maximum absolute atomic E-state index is 13.2. The highest BCUT2D eigenvalue weighted by Gasteiger charge is 2.22. The zero-order valence-corrected chi connectivity index (χ0v) is 10.9. The standard InChI is InChI=1S/C11H12Cl2FNO2/c1-11(2,5-16)15-10(17)6-3-9(14)8(13)4-7(6)12/h3-4,16H,5H2,1-2H3,(H,15,17). The van der Waals surface area contributed by atoms with E-state index in [0.29, 0.717) is 0 Å². The number of amides is 1. The van der Waals surface area contributed by atoms with Gasteiger partial charge < -0.3 is 10.4 Å². The summed E-state index contributed by atoms with van der Waals surface area (Å²) in [6, 6.07) is 2.13. The van der Waals surface area contributed by atoms with Gasteiger partial charge in [-0.25, -0.2) is 4.39 Å². The minimum Gasteiger partial charge on any atom is -0.394 e. The van der Waals surface area contributed by atoms with Crippen LogP contribution in [0.4, 0.5) is 4.39 Å². The number of hydrogen-bond donors (Lipinski definition) is 2. The van der Waals surface area contributed by atoms with E-state index in [4.69, 9.17) is 28.3 Å². The molecule has 3 nitrogen and oxygen atoms in total. The van der Waals surface area contributed by atoms with Gasteiger partial charge in [-0.1, -0.05) is 23.2 Å². The number of nitrogens with one attached hydrogen (secondary N) is 1. The molecule has 2 N–H and O–H groups in total. The van der Waals surface area contributed by atoms with Gasteiger partial charge in [0.2, 0.25) is 0 Å². The van der Waals surface area contributed by atoms with E-state index in [1.54, 1.807) is 13.8 Å². The highest BCUT2D eigenvalue weighted by molar-refractivity contribution is 6.36. The molecule has 0 aliphatic rings. The Labute approximate surface area is 109 Å². The van der Waals surface area contributed by atoms with Gasteiger partial charge in [-0.05, 0) is 26.0 Å². The molecular weight excluding hydrogens is 268 g/mol. The minimum atomic E-state index is -0.809. The number of aliphatic hydroxyl groups excluding tert-OH is 1. The second-order valence-corrected chi connectivity index (χ2v) is 5.06. The van der Waals surface area contributed by atoms with Gasteiger partial charge in [-0.15, -0.1) is 0 Å². The Morgan fingerprint density at radius 3 is 2.53 bits per heavy atom. The molecule has 0 spiro atoms. The van der Waals surface area contributed by atoms with Gasteiger partial charge in [0.05, 0.1) is 27.8 Å². The van der Waals surface area contributed by atoms with Crippen LogP contribution in [0.25, 0.3) is 0 Å². The Bertz CT molecular complexity index is 449. The first-order chi connectivity index (χ1) is 7.76. The summed E-state index contributed by atoms with van der Waals surface area (Å²) in [5.41, 5.74) is -0.827. The van der Waals surface area contributed by atoms with E-state index in [1.807, 2.05) is 0 Å². The summed E-state index contributed by atoms with van der Waals surface area (Å²) in [4.78, 5) is 11.8. The van der Waals surface area contributed by atoms with Crippen LogP contribution in [0.1, 0.15) is 24.2 Å². The van der Waals surface area contributed by atoms with Crippen LogP contribution in [0, 0.1) is 5.82 Å². The topological polar surface area (TPSA) is 49.3 Å². The van der Waals surface area contributed by atoms with Crippen LogP contribution in [0.15, 0.2) is 12.1 Å². The van der Waals surface area contributed by atoms with Crippen molar-refractivity contribution in [1.82, 2.24) is 5.32 Å². The van der Waals surface area contributed by atoms with Gasteiger partial charge in [-0.2, -0.15) is 0 Å². The number of carbonyl (C=O) groups is 1. The number of benzene rings is 1. The quantitative estimate of drug-likeness (QED) is 0.836. The van der Waals surface area contributed by atoms with Crippen molar-refractivity contribution in [2.75, 3.05) is 6.61 Å². The lowest BCUT2D eigenvalue weighted by Gasteiger charge is -2.23. The van der Waals surface area contributed by atoms with Gasteiger partial charge >= 0.3 is 0 Å². The van der Waals surface area contributed by atoms with E-state index in [2.05, 4.69) is 5.32 Å². The largest absolute Gasteiger partial charge is 0.394 e. The van der Waals surface area contributed by atoms with Crippen LogP contribution < -0.4 is 5.32 Å². The average molecular weight is 280 g/mol. The van der Waals surface area contributed by atoms with E-state index in [-0.39, 0.29) is 22.2 Å². The molecule has 1 amide bonds. The summed E-state index contributed by atoms with van der Waals surface area (Å²) in [7, 11) is 0. The number of hydrogen-bond acceptors (Lipinski definition) is 2. The van der Waals surface area contributed by atoms with Crippen molar-refractivity contribution in [3.8, 4) is 0 Å². The number of rotatable bonds is 3. The fourth-order valence-electron chi connectivity index (χ4n) is 1.11. The Morgan fingerprint density at radius 2 is 2.00 bits per heavy atom. The van der Waals surface area contributed by atoms with E-state index >= 15 is 0 Å². The predicted molar refractivity (Wildman–Crippen MR) is 65.1 cm³/mol. The smallest absolute Gasteiger partial charge is 0.253 e. The van der Waals surface area contributed by atoms with Gasteiger partial charge in [0.1, 0.15) is 5.82 Å². The van der Waals surface area contributed by atoms with Gasteiger partial charge in [-0.3, -0.25) is 4.79 Å². The molecular formula is C11H12Cl2FNO2. The Hall–Kier alpha value is -0.840. The van der Waals surface area contributed by atoms with Crippen LogP contribution in [0.2, 0.25) is 10.0 Å². The third-order valence-electron chi connectivity index (χ3n) is 2.10. The van der Waals surface area contributed by atoms with Crippen LogP contribution in [0.5, 0.6) is 0 Å². The van der Waals surface area contributed by atoms with Gasteiger partial charge in [0.15, 0.2) is 0 Å². The minimum absolute atomic E-state index is 0.0184. The molecule has 0 saturated heterocycles. The molecule has 0 aliphatic carbocycles. The molecule has 0 aliphatic heterocycles. The molecule has 0 bridgehead atoms. The molecule has 0 saturated carbocycles. The molecule has 17 heavy (non-hydrogen) atoms. The number of aliphatic hydroxyl groups is 1. The molecule has 0 fully saturated rings. The van der Waals surface area contributed by atoms with Crippen LogP contribution in [0.3, 0.4) is 0 Å². The molecule has 1 aromatic carbocycles. The van der Waals surface area contributed by atoms with Crippen LogP contribution in [-0.4, -0.2) is 23.2 Å². The summed E-state index contributed by atoms with van der Waals surface area (Å²) >= 11 is 11.3. The fraction of sp³-hybridized carbons (Fsp3) is 0.364. The lowest BCUT2D eigenvalue weighted by Crippen LogP contribution is -2.46. The van der Waals surface area contributed by atoms with E-state index < -0.39 is 17.3 Å². The van der Waals surface area contributed by atoms with E-state index in [1.165, 1.54) is 6.07 Å². The Balaban J connectivity index is 3.01. The van der Waals surface area contributed by atoms with E-state index in [0.717, 1.165) is 6.07 Å². The van der Waals surface area contributed by atoms with Crippen LogP contribution in [-0.2, 0) is 0 Å². The van der Waals surface area contributed by atoms with E-state index in [9.17, 15) is 9.18 Å². The molecule has 0 aromatic heterocycles. The SMILES string of the molecule is CC(C)(CO)NC(=O)c1cc(F)c(Cl)cc1Cl. The molecule has 0 radical (unpaired) electrons. The Morgan fingerprint density at radius 1 is 1.41 bits per heavy atom. The fourth-order valence-corrected chi connectivity index (χ4v) is 1.58. The van der Waals surface area contributed by atoms with Crippen molar-refractivity contribution >= 4 is 29.1 Å². The zero-order chi connectivity index (χ0) is 13.2. The highest BCUT2D eigenvalue weighted by atomic mass is 35.5. The molecule has 0 atom stereocenters. The highest BCUT2D eigenvalue weighted by Crippen LogP contribution is 2.24.